The summed E-state index contributed by atoms with van der Waals surface area (Å²) in [6.45, 7) is 0. The smallest absolute Gasteiger partial charge is 0.126 e. The Morgan fingerprint density at radius 3 is 2.61 bits per heavy atom. The molecule has 2 aromatic rings. The Morgan fingerprint density at radius 2 is 1.89 bits per heavy atom. The van der Waals surface area contributed by atoms with Gasteiger partial charge in [-0.05, 0) is 41.5 Å². The van der Waals surface area contributed by atoms with Crippen LogP contribution in [0.2, 0.25) is 5.02 Å². The summed E-state index contributed by atoms with van der Waals surface area (Å²) in [4.78, 5) is 0. The van der Waals surface area contributed by atoms with Crippen LogP contribution in [0, 0.1) is 11.6 Å². The SMILES string of the molecule is OC(Cc1cc(Cl)ccc1F)c1cccc(F)c1. The molecule has 0 aliphatic rings. The zero-order valence-electron chi connectivity index (χ0n) is 9.41. The van der Waals surface area contributed by atoms with Gasteiger partial charge < -0.3 is 5.11 Å². The van der Waals surface area contributed by atoms with Gasteiger partial charge in [0.05, 0.1) is 6.10 Å². The molecule has 0 saturated carbocycles. The van der Waals surface area contributed by atoms with E-state index >= 15 is 0 Å². The molecule has 1 nitrogen and oxygen atoms in total. The molecule has 2 rings (SSSR count). The monoisotopic (exact) mass is 268 g/mol. The van der Waals surface area contributed by atoms with Crippen molar-refractivity contribution in [1.82, 2.24) is 0 Å². The molecular weight excluding hydrogens is 258 g/mol. The van der Waals surface area contributed by atoms with Crippen LogP contribution in [-0.4, -0.2) is 5.11 Å². The van der Waals surface area contributed by atoms with Gasteiger partial charge in [0.25, 0.3) is 0 Å². The number of aliphatic hydroxyl groups is 1. The zero-order valence-corrected chi connectivity index (χ0v) is 10.2. The average molecular weight is 269 g/mol. The third-order valence-corrected chi connectivity index (χ3v) is 2.89. The summed E-state index contributed by atoms with van der Waals surface area (Å²) in [5.41, 5.74) is 0.716. The number of rotatable bonds is 3. The summed E-state index contributed by atoms with van der Waals surface area (Å²) in [7, 11) is 0. The van der Waals surface area contributed by atoms with Crippen LogP contribution in [0.25, 0.3) is 0 Å². The van der Waals surface area contributed by atoms with E-state index in [0.29, 0.717) is 16.1 Å². The molecule has 4 heteroatoms. The predicted octanol–water partition coefficient (Wildman–Crippen LogP) is 3.89. The minimum absolute atomic E-state index is 0.0514. The minimum Gasteiger partial charge on any atom is -0.388 e. The fourth-order valence-electron chi connectivity index (χ4n) is 1.74. The highest BCUT2D eigenvalue weighted by Crippen LogP contribution is 2.22. The van der Waals surface area contributed by atoms with E-state index in [1.165, 1.54) is 36.4 Å². The van der Waals surface area contributed by atoms with E-state index in [2.05, 4.69) is 0 Å². The topological polar surface area (TPSA) is 20.2 Å². The largest absolute Gasteiger partial charge is 0.388 e. The van der Waals surface area contributed by atoms with E-state index < -0.39 is 17.7 Å². The normalized spacial score (nSPS) is 12.4. The maximum Gasteiger partial charge on any atom is 0.126 e. The summed E-state index contributed by atoms with van der Waals surface area (Å²) in [6, 6.07) is 9.76. The highest BCUT2D eigenvalue weighted by atomic mass is 35.5. The van der Waals surface area contributed by atoms with Crippen LogP contribution in [0.5, 0.6) is 0 Å². The Hall–Kier alpha value is -1.45. The van der Waals surface area contributed by atoms with Crippen LogP contribution in [0.15, 0.2) is 42.5 Å². The van der Waals surface area contributed by atoms with E-state index in [-0.39, 0.29) is 6.42 Å². The molecule has 0 amide bonds. The highest BCUT2D eigenvalue weighted by molar-refractivity contribution is 6.30. The third kappa shape index (κ3) is 3.06. The number of hydrogen-bond acceptors (Lipinski definition) is 1. The van der Waals surface area contributed by atoms with Gasteiger partial charge in [-0.25, -0.2) is 8.78 Å². The molecule has 1 unspecified atom stereocenters. The summed E-state index contributed by atoms with van der Waals surface area (Å²) in [5.74, 6) is -0.868. The molecule has 0 heterocycles. The fourth-order valence-corrected chi connectivity index (χ4v) is 1.93. The second-order valence-corrected chi connectivity index (χ2v) is 4.45. The van der Waals surface area contributed by atoms with Crippen molar-refractivity contribution in [1.29, 1.82) is 0 Å². The van der Waals surface area contributed by atoms with E-state index in [1.807, 2.05) is 0 Å². The number of hydrogen-bond donors (Lipinski definition) is 1. The summed E-state index contributed by atoms with van der Waals surface area (Å²) >= 11 is 5.76. The lowest BCUT2D eigenvalue weighted by Crippen LogP contribution is -2.04. The molecule has 0 aromatic heterocycles. The van der Waals surface area contributed by atoms with Crippen LogP contribution < -0.4 is 0 Å². The standard InChI is InChI=1S/C14H11ClF2O/c15-11-4-5-13(17)10(6-11)8-14(18)9-2-1-3-12(16)7-9/h1-7,14,18H,8H2. The van der Waals surface area contributed by atoms with Gasteiger partial charge in [-0.1, -0.05) is 23.7 Å². The molecule has 1 atom stereocenters. The van der Waals surface area contributed by atoms with Crippen LogP contribution >= 0.6 is 11.6 Å². The first-order valence-electron chi connectivity index (χ1n) is 5.44. The van der Waals surface area contributed by atoms with Crippen molar-refractivity contribution in [2.24, 2.45) is 0 Å². The quantitative estimate of drug-likeness (QED) is 0.895. The second kappa shape index (κ2) is 5.46. The number of aliphatic hydroxyl groups excluding tert-OH is 1. The molecule has 0 fully saturated rings. The zero-order chi connectivity index (χ0) is 13.1. The van der Waals surface area contributed by atoms with Crippen LogP contribution in [0.4, 0.5) is 8.78 Å². The Kier molecular flexibility index (Phi) is 3.94. The molecule has 0 aliphatic carbocycles. The van der Waals surface area contributed by atoms with Gasteiger partial charge in [-0.2, -0.15) is 0 Å². The van der Waals surface area contributed by atoms with E-state index in [4.69, 9.17) is 11.6 Å². The van der Waals surface area contributed by atoms with Crippen molar-refractivity contribution < 1.29 is 13.9 Å². The third-order valence-electron chi connectivity index (χ3n) is 2.65. The Labute approximate surface area is 109 Å². The van der Waals surface area contributed by atoms with Crippen LogP contribution in [0.1, 0.15) is 17.2 Å². The molecule has 0 aliphatic heterocycles. The lowest BCUT2D eigenvalue weighted by atomic mass is 10.0. The first kappa shape index (κ1) is 13.0. The van der Waals surface area contributed by atoms with Gasteiger partial charge in [0.2, 0.25) is 0 Å². The van der Waals surface area contributed by atoms with Gasteiger partial charge in [-0.15, -0.1) is 0 Å². The van der Waals surface area contributed by atoms with E-state index in [0.717, 1.165) is 0 Å². The van der Waals surface area contributed by atoms with Crippen LogP contribution in [0.3, 0.4) is 0 Å². The van der Waals surface area contributed by atoms with Crippen molar-refractivity contribution in [3.63, 3.8) is 0 Å². The molecule has 94 valence electrons. The summed E-state index contributed by atoms with van der Waals surface area (Å²) in [5, 5.41) is 10.3. The Bertz CT molecular complexity index is 557. The first-order valence-corrected chi connectivity index (χ1v) is 5.81. The average Bonchev–Trinajstić information content (AvgIpc) is 2.34. The molecule has 1 N–H and O–H groups in total. The number of halogens is 3. The molecule has 0 saturated heterocycles. The Morgan fingerprint density at radius 1 is 1.11 bits per heavy atom. The molecule has 0 radical (unpaired) electrons. The lowest BCUT2D eigenvalue weighted by Gasteiger charge is -2.12. The second-order valence-electron chi connectivity index (χ2n) is 4.01. The molecule has 0 bridgehead atoms. The molecule has 0 spiro atoms. The molecular formula is C14H11ClF2O. The summed E-state index contributed by atoms with van der Waals surface area (Å²) in [6.07, 6.45) is -0.913. The van der Waals surface area contributed by atoms with Crippen molar-refractivity contribution in [3.8, 4) is 0 Å². The lowest BCUT2D eigenvalue weighted by molar-refractivity contribution is 0.176. The Balaban J connectivity index is 2.21. The minimum atomic E-state index is -0.964. The first-order chi connectivity index (χ1) is 8.56. The van der Waals surface area contributed by atoms with Crippen molar-refractivity contribution in [2.75, 3.05) is 0 Å². The molecule has 2 aromatic carbocycles. The van der Waals surface area contributed by atoms with Crippen molar-refractivity contribution in [3.05, 3.63) is 70.2 Å². The number of benzene rings is 2. The highest BCUT2D eigenvalue weighted by Gasteiger charge is 2.12. The van der Waals surface area contributed by atoms with Gasteiger partial charge in [0, 0.05) is 11.4 Å². The van der Waals surface area contributed by atoms with Gasteiger partial charge in [0.15, 0.2) is 0 Å². The maximum absolute atomic E-state index is 13.5. The fraction of sp³-hybridized carbons (Fsp3) is 0.143. The predicted molar refractivity (Wildman–Crippen MR) is 66.5 cm³/mol. The van der Waals surface area contributed by atoms with Gasteiger partial charge in [0.1, 0.15) is 11.6 Å². The molecule has 18 heavy (non-hydrogen) atoms. The van der Waals surface area contributed by atoms with Crippen molar-refractivity contribution in [2.45, 2.75) is 12.5 Å². The van der Waals surface area contributed by atoms with E-state index in [1.54, 1.807) is 6.07 Å². The van der Waals surface area contributed by atoms with Gasteiger partial charge >= 0.3 is 0 Å². The van der Waals surface area contributed by atoms with E-state index in [9.17, 15) is 13.9 Å². The van der Waals surface area contributed by atoms with Crippen LogP contribution in [-0.2, 0) is 6.42 Å². The summed E-state index contributed by atoms with van der Waals surface area (Å²) < 4.78 is 26.5. The van der Waals surface area contributed by atoms with Gasteiger partial charge in [-0.3, -0.25) is 0 Å². The van der Waals surface area contributed by atoms with Crippen molar-refractivity contribution >= 4 is 11.6 Å². The maximum atomic E-state index is 13.5.